The molecule has 0 amide bonds. The minimum absolute atomic E-state index is 0.152. The van der Waals surface area contributed by atoms with Gasteiger partial charge in [0.05, 0.1) is 12.5 Å². The first-order valence-corrected chi connectivity index (χ1v) is 6.99. The zero-order valence-electron chi connectivity index (χ0n) is 11.6. The molecule has 1 aliphatic carbocycles. The van der Waals surface area contributed by atoms with Gasteiger partial charge in [-0.05, 0) is 30.6 Å². The minimum atomic E-state index is -0.644. The number of ether oxygens (including phenoxy) is 1. The molecular formula is C14H25NO3. The molecule has 4 unspecified atom stereocenters. The van der Waals surface area contributed by atoms with E-state index >= 15 is 0 Å². The summed E-state index contributed by atoms with van der Waals surface area (Å²) in [6.45, 7) is 8.01. The molecule has 4 heteroatoms. The molecule has 1 saturated heterocycles. The number of carbonyl (C=O) groups is 1. The van der Waals surface area contributed by atoms with Gasteiger partial charge in [-0.15, -0.1) is 0 Å². The average Bonchev–Trinajstić information content (AvgIpc) is 2.77. The highest BCUT2D eigenvalue weighted by Crippen LogP contribution is 2.45. The first-order valence-electron chi connectivity index (χ1n) is 6.99. The van der Waals surface area contributed by atoms with Crippen molar-refractivity contribution in [1.29, 1.82) is 0 Å². The second-order valence-electron chi connectivity index (χ2n) is 6.41. The Hall–Kier alpha value is -0.610. The summed E-state index contributed by atoms with van der Waals surface area (Å²) < 4.78 is 5.39. The van der Waals surface area contributed by atoms with Gasteiger partial charge >= 0.3 is 5.97 Å². The molecule has 0 spiro atoms. The van der Waals surface area contributed by atoms with Crippen molar-refractivity contribution in [2.45, 2.75) is 52.1 Å². The van der Waals surface area contributed by atoms with Crippen LogP contribution in [-0.4, -0.2) is 36.4 Å². The van der Waals surface area contributed by atoms with E-state index in [0.717, 1.165) is 32.5 Å². The van der Waals surface area contributed by atoms with Gasteiger partial charge in [0, 0.05) is 18.7 Å². The monoisotopic (exact) mass is 255 g/mol. The summed E-state index contributed by atoms with van der Waals surface area (Å²) in [6, 6.07) is 0.872. The predicted octanol–water partition coefficient (Wildman–Crippen LogP) is 1.89. The lowest BCUT2D eigenvalue weighted by Crippen LogP contribution is -2.53. The van der Waals surface area contributed by atoms with Crippen LogP contribution in [0.4, 0.5) is 0 Å². The smallest absolute Gasteiger partial charge is 0.307 e. The number of rotatable bonds is 3. The van der Waals surface area contributed by atoms with E-state index in [-0.39, 0.29) is 11.3 Å². The van der Waals surface area contributed by atoms with Crippen molar-refractivity contribution in [3.8, 4) is 0 Å². The Kier molecular flexibility index (Phi) is 3.97. The highest BCUT2D eigenvalue weighted by molar-refractivity contribution is 5.71. The zero-order chi connectivity index (χ0) is 13.3. The molecule has 18 heavy (non-hydrogen) atoms. The molecular weight excluding hydrogens is 230 g/mol. The van der Waals surface area contributed by atoms with Gasteiger partial charge < -0.3 is 15.2 Å². The van der Waals surface area contributed by atoms with Crippen molar-refractivity contribution in [1.82, 2.24) is 5.32 Å². The van der Waals surface area contributed by atoms with Crippen LogP contribution in [0.1, 0.15) is 40.0 Å². The first kappa shape index (κ1) is 13.8. The van der Waals surface area contributed by atoms with Crippen LogP contribution >= 0.6 is 0 Å². The summed E-state index contributed by atoms with van der Waals surface area (Å²) in [5.74, 6) is -0.493. The third-order valence-corrected chi connectivity index (χ3v) is 5.12. The minimum Gasteiger partial charge on any atom is -0.481 e. The molecule has 0 aromatic rings. The summed E-state index contributed by atoms with van der Waals surface area (Å²) in [7, 11) is 0. The van der Waals surface area contributed by atoms with E-state index < -0.39 is 5.97 Å². The Morgan fingerprint density at radius 1 is 1.33 bits per heavy atom. The van der Waals surface area contributed by atoms with E-state index in [1.807, 2.05) is 0 Å². The van der Waals surface area contributed by atoms with Gasteiger partial charge in [0.15, 0.2) is 0 Å². The largest absolute Gasteiger partial charge is 0.481 e. The summed E-state index contributed by atoms with van der Waals surface area (Å²) in [6.07, 6.45) is 2.81. The molecule has 4 atom stereocenters. The predicted molar refractivity (Wildman–Crippen MR) is 69.5 cm³/mol. The normalized spacial score (nSPS) is 39.7. The molecule has 104 valence electrons. The quantitative estimate of drug-likeness (QED) is 0.808. The lowest BCUT2D eigenvalue weighted by atomic mass is 9.61. The lowest BCUT2D eigenvalue weighted by Gasteiger charge is -2.47. The number of nitrogens with one attached hydrogen (secondary N) is 1. The number of carboxylic acid groups (broad SMARTS) is 1. The molecule has 0 radical (unpaired) electrons. The van der Waals surface area contributed by atoms with E-state index in [0.29, 0.717) is 18.0 Å². The maximum Gasteiger partial charge on any atom is 0.307 e. The van der Waals surface area contributed by atoms with Gasteiger partial charge in [0.1, 0.15) is 0 Å². The van der Waals surface area contributed by atoms with Gasteiger partial charge in [0.2, 0.25) is 0 Å². The number of aliphatic carboxylic acids is 1. The molecule has 1 saturated carbocycles. The molecule has 0 aromatic heterocycles. The van der Waals surface area contributed by atoms with Crippen LogP contribution in [-0.2, 0) is 9.53 Å². The summed E-state index contributed by atoms with van der Waals surface area (Å²) in [5.41, 5.74) is -0.152. The SMILES string of the molecule is CC1C(NC2CCOC2)CCC(C(=O)O)C1(C)C. The molecule has 0 aromatic carbocycles. The van der Waals surface area contributed by atoms with Gasteiger partial charge in [-0.2, -0.15) is 0 Å². The molecule has 2 fully saturated rings. The van der Waals surface area contributed by atoms with Gasteiger partial charge in [-0.1, -0.05) is 20.8 Å². The molecule has 2 N–H and O–H groups in total. The van der Waals surface area contributed by atoms with Crippen LogP contribution in [0.5, 0.6) is 0 Å². The second kappa shape index (κ2) is 5.17. The zero-order valence-corrected chi connectivity index (χ0v) is 11.6. The Balaban J connectivity index is 2.01. The van der Waals surface area contributed by atoms with E-state index in [1.54, 1.807) is 0 Å². The van der Waals surface area contributed by atoms with Gasteiger partial charge in [0.25, 0.3) is 0 Å². The Morgan fingerprint density at radius 3 is 2.61 bits per heavy atom. The first-order chi connectivity index (χ1) is 8.43. The fourth-order valence-corrected chi connectivity index (χ4v) is 3.44. The van der Waals surface area contributed by atoms with Gasteiger partial charge in [-0.25, -0.2) is 0 Å². The van der Waals surface area contributed by atoms with Crippen molar-refractivity contribution in [2.75, 3.05) is 13.2 Å². The third kappa shape index (κ3) is 2.54. The van der Waals surface area contributed by atoms with E-state index in [9.17, 15) is 9.90 Å². The lowest BCUT2D eigenvalue weighted by molar-refractivity contribution is -0.150. The van der Waals surface area contributed by atoms with Crippen LogP contribution in [0.3, 0.4) is 0 Å². The Morgan fingerprint density at radius 2 is 2.06 bits per heavy atom. The van der Waals surface area contributed by atoms with Crippen molar-refractivity contribution >= 4 is 5.97 Å². The fourth-order valence-electron chi connectivity index (χ4n) is 3.44. The Labute approximate surface area is 109 Å². The summed E-state index contributed by atoms with van der Waals surface area (Å²) in [4.78, 5) is 11.3. The summed E-state index contributed by atoms with van der Waals surface area (Å²) >= 11 is 0. The van der Waals surface area contributed by atoms with Crippen LogP contribution in [0.2, 0.25) is 0 Å². The topological polar surface area (TPSA) is 58.6 Å². The molecule has 1 heterocycles. The molecule has 2 aliphatic rings. The molecule has 1 aliphatic heterocycles. The van der Waals surface area contributed by atoms with E-state index in [2.05, 4.69) is 26.1 Å². The number of hydrogen-bond donors (Lipinski definition) is 2. The summed E-state index contributed by atoms with van der Waals surface area (Å²) in [5, 5.41) is 13.0. The Bertz CT molecular complexity index is 310. The van der Waals surface area contributed by atoms with Crippen LogP contribution < -0.4 is 5.32 Å². The van der Waals surface area contributed by atoms with E-state index in [1.165, 1.54) is 0 Å². The van der Waals surface area contributed by atoms with Crippen LogP contribution in [0.25, 0.3) is 0 Å². The van der Waals surface area contributed by atoms with E-state index in [4.69, 9.17) is 4.74 Å². The van der Waals surface area contributed by atoms with Crippen molar-refractivity contribution in [2.24, 2.45) is 17.3 Å². The van der Waals surface area contributed by atoms with Gasteiger partial charge in [-0.3, -0.25) is 4.79 Å². The van der Waals surface area contributed by atoms with Crippen molar-refractivity contribution in [3.05, 3.63) is 0 Å². The average molecular weight is 255 g/mol. The highest BCUT2D eigenvalue weighted by atomic mass is 16.5. The molecule has 2 rings (SSSR count). The standard InChI is InChI=1S/C14H25NO3/c1-9-12(15-10-6-7-18-8-10)5-4-11(13(16)17)14(9,2)3/h9-12,15H,4-8H2,1-3H3,(H,16,17). The third-order valence-electron chi connectivity index (χ3n) is 5.12. The number of carboxylic acids is 1. The molecule has 4 nitrogen and oxygen atoms in total. The van der Waals surface area contributed by atoms with Crippen LogP contribution in [0.15, 0.2) is 0 Å². The second-order valence-corrected chi connectivity index (χ2v) is 6.41. The number of hydrogen-bond acceptors (Lipinski definition) is 3. The fraction of sp³-hybridized carbons (Fsp3) is 0.929. The molecule has 0 bridgehead atoms. The van der Waals surface area contributed by atoms with Crippen LogP contribution in [0, 0.1) is 17.3 Å². The maximum absolute atomic E-state index is 11.3. The van der Waals surface area contributed by atoms with Crippen molar-refractivity contribution in [3.63, 3.8) is 0 Å². The highest BCUT2D eigenvalue weighted by Gasteiger charge is 2.46. The van der Waals surface area contributed by atoms with Crippen molar-refractivity contribution < 1.29 is 14.6 Å². The maximum atomic E-state index is 11.3.